The fourth-order valence-electron chi connectivity index (χ4n) is 3.22. The number of amides is 1. The van der Waals surface area contributed by atoms with Gasteiger partial charge in [0, 0.05) is 4.88 Å². The SMILES string of the molecule is CCC(CO)NC(=O)c1nc2c3c4c(sc3nc(C)n2n1)CCC4. The van der Waals surface area contributed by atoms with Gasteiger partial charge in [-0.3, -0.25) is 4.79 Å². The Kier molecular flexibility index (Phi) is 3.73. The molecule has 1 aliphatic rings. The lowest BCUT2D eigenvalue weighted by Gasteiger charge is -2.11. The number of rotatable bonds is 4. The maximum absolute atomic E-state index is 12.4. The van der Waals surface area contributed by atoms with E-state index in [1.54, 1.807) is 15.9 Å². The Morgan fingerprint density at radius 1 is 1.42 bits per heavy atom. The second-order valence-corrected chi connectivity index (χ2v) is 7.21. The molecule has 8 heteroatoms. The van der Waals surface area contributed by atoms with Crippen LogP contribution in [0.15, 0.2) is 0 Å². The zero-order valence-corrected chi connectivity index (χ0v) is 14.5. The van der Waals surface area contributed by atoms with Crippen LogP contribution in [0.2, 0.25) is 0 Å². The minimum atomic E-state index is -0.362. The average molecular weight is 345 g/mol. The predicted octanol–water partition coefficient (Wildman–Crippen LogP) is 1.64. The van der Waals surface area contributed by atoms with E-state index in [2.05, 4.69) is 20.4 Å². The summed E-state index contributed by atoms with van der Waals surface area (Å²) in [5, 5.41) is 17.4. The molecule has 4 rings (SSSR count). The first kappa shape index (κ1) is 15.5. The van der Waals surface area contributed by atoms with Crippen LogP contribution >= 0.6 is 11.3 Å². The van der Waals surface area contributed by atoms with Gasteiger partial charge in [-0.05, 0) is 38.2 Å². The van der Waals surface area contributed by atoms with Gasteiger partial charge in [0.2, 0.25) is 5.82 Å². The lowest BCUT2D eigenvalue weighted by molar-refractivity contribution is 0.0904. The van der Waals surface area contributed by atoms with E-state index in [0.717, 1.165) is 35.3 Å². The summed E-state index contributed by atoms with van der Waals surface area (Å²) in [6, 6.07) is -0.284. The van der Waals surface area contributed by atoms with Crippen LogP contribution in [0, 0.1) is 6.92 Å². The molecule has 126 valence electrons. The van der Waals surface area contributed by atoms with Crippen LogP contribution in [0.4, 0.5) is 0 Å². The van der Waals surface area contributed by atoms with Crippen molar-refractivity contribution in [3.63, 3.8) is 0 Å². The number of aromatic nitrogens is 4. The van der Waals surface area contributed by atoms with E-state index in [0.29, 0.717) is 12.1 Å². The van der Waals surface area contributed by atoms with Crippen LogP contribution in [0.1, 0.15) is 46.6 Å². The maximum Gasteiger partial charge on any atom is 0.291 e. The molecule has 1 aliphatic carbocycles. The standard InChI is InChI=1S/C16H19N5O2S/c1-3-9(7-22)18-15(23)13-19-14-12-10-5-4-6-11(10)24-16(12)17-8(2)21(14)20-13/h9,22H,3-7H2,1-2H3,(H,18,23). The lowest BCUT2D eigenvalue weighted by atomic mass is 10.2. The number of carbonyl (C=O) groups is 1. The van der Waals surface area contributed by atoms with Crippen molar-refractivity contribution in [2.24, 2.45) is 0 Å². The van der Waals surface area contributed by atoms with E-state index in [1.807, 2.05) is 13.8 Å². The number of aliphatic hydroxyl groups excluding tert-OH is 1. The van der Waals surface area contributed by atoms with Gasteiger partial charge >= 0.3 is 0 Å². The van der Waals surface area contributed by atoms with Gasteiger partial charge in [0.05, 0.1) is 18.0 Å². The highest BCUT2D eigenvalue weighted by Gasteiger charge is 2.24. The van der Waals surface area contributed by atoms with Gasteiger partial charge in [-0.1, -0.05) is 6.92 Å². The lowest BCUT2D eigenvalue weighted by Crippen LogP contribution is -2.37. The van der Waals surface area contributed by atoms with Crippen molar-refractivity contribution in [3.8, 4) is 0 Å². The molecule has 0 aliphatic heterocycles. The molecule has 0 bridgehead atoms. The van der Waals surface area contributed by atoms with Crippen molar-refractivity contribution >= 4 is 33.1 Å². The molecule has 2 N–H and O–H groups in total. The van der Waals surface area contributed by atoms with Crippen molar-refractivity contribution in [1.82, 2.24) is 24.9 Å². The molecule has 3 aromatic heterocycles. The average Bonchev–Trinajstić information content (AvgIpc) is 3.25. The number of thiophene rings is 1. The highest BCUT2D eigenvalue weighted by Crippen LogP contribution is 2.38. The normalized spacial score (nSPS) is 15.1. The van der Waals surface area contributed by atoms with Crippen molar-refractivity contribution in [2.45, 2.75) is 45.6 Å². The zero-order valence-electron chi connectivity index (χ0n) is 13.7. The number of hydrogen-bond donors (Lipinski definition) is 2. The Balaban J connectivity index is 1.84. The topological polar surface area (TPSA) is 92.4 Å². The summed E-state index contributed by atoms with van der Waals surface area (Å²) in [6.07, 6.45) is 3.94. The van der Waals surface area contributed by atoms with Crippen LogP contribution in [-0.2, 0) is 12.8 Å². The number of nitrogens with zero attached hydrogens (tertiary/aromatic N) is 4. The van der Waals surface area contributed by atoms with E-state index in [-0.39, 0.29) is 24.4 Å². The fourth-order valence-corrected chi connectivity index (χ4v) is 4.52. The third kappa shape index (κ3) is 2.29. The summed E-state index contributed by atoms with van der Waals surface area (Å²) in [4.78, 5) is 23.9. The molecule has 0 radical (unpaired) electrons. The molecule has 1 unspecified atom stereocenters. The Morgan fingerprint density at radius 3 is 3.00 bits per heavy atom. The highest BCUT2D eigenvalue weighted by atomic mass is 32.1. The molecule has 0 saturated carbocycles. The molecule has 0 fully saturated rings. The van der Waals surface area contributed by atoms with Crippen molar-refractivity contribution in [1.29, 1.82) is 0 Å². The van der Waals surface area contributed by atoms with E-state index in [9.17, 15) is 9.90 Å². The highest BCUT2D eigenvalue weighted by molar-refractivity contribution is 7.19. The first-order valence-electron chi connectivity index (χ1n) is 8.21. The molecule has 3 heterocycles. The minimum absolute atomic E-state index is 0.0987. The quantitative estimate of drug-likeness (QED) is 0.750. The van der Waals surface area contributed by atoms with Gasteiger partial charge in [-0.15, -0.1) is 16.4 Å². The molecule has 1 amide bonds. The van der Waals surface area contributed by atoms with E-state index < -0.39 is 0 Å². The molecular formula is C16H19N5O2S. The number of aryl methyl sites for hydroxylation is 3. The molecule has 7 nitrogen and oxygen atoms in total. The second-order valence-electron chi connectivity index (χ2n) is 6.13. The van der Waals surface area contributed by atoms with Crippen LogP contribution < -0.4 is 5.32 Å². The van der Waals surface area contributed by atoms with Gasteiger partial charge in [-0.2, -0.15) is 4.52 Å². The zero-order chi connectivity index (χ0) is 16.8. The summed E-state index contributed by atoms with van der Waals surface area (Å²) >= 11 is 1.73. The first-order chi connectivity index (χ1) is 11.6. The second kappa shape index (κ2) is 5.78. The maximum atomic E-state index is 12.4. The van der Waals surface area contributed by atoms with Crippen molar-refractivity contribution < 1.29 is 9.90 Å². The Labute approximate surface area is 142 Å². The van der Waals surface area contributed by atoms with Crippen LogP contribution in [0.3, 0.4) is 0 Å². The Bertz CT molecular complexity index is 941. The molecule has 24 heavy (non-hydrogen) atoms. The van der Waals surface area contributed by atoms with Gasteiger partial charge in [0.25, 0.3) is 5.91 Å². The third-order valence-corrected chi connectivity index (χ3v) is 5.74. The number of fused-ring (bicyclic) bond motifs is 5. The summed E-state index contributed by atoms with van der Waals surface area (Å²) in [5.41, 5.74) is 2.02. The smallest absolute Gasteiger partial charge is 0.291 e. The molecule has 0 saturated heterocycles. The molecule has 1 atom stereocenters. The fraction of sp³-hybridized carbons (Fsp3) is 0.500. The summed E-state index contributed by atoms with van der Waals surface area (Å²) in [7, 11) is 0. The van der Waals surface area contributed by atoms with E-state index >= 15 is 0 Å². The minimum Gasteiger partial charge on any atom is -0.394 e. The van der Waals surface area contributed by atoms with Crippen LogP contribution in [0.25, 0.3) is 15.9 Å². The van der Waals surface area contributed by atoms with Gasteiger partial charge in [-0.25, -0.2) is 9.97 Å². The number of nitrogens with one attached hydrogen (secondary N) is 1. The first-order valence-corrected chi connectivity index (χ1v) is 9.03. The van der Waals surface area contributed by atoms with E-state index in [1.165, 1.54) is 10.4 Å². The largest absolute Gasteiger partial charge is 0.394 e. The van der Waals surface area contributed by atoms with Gasteiger partial charge in [0.1, 0.15) is 10.7 Å². The van der Waals surface area contributed by atoms with Crippen molar-refractivity contribution in [3.05, 3.63) is 22.1 Å². The Morgan fingerprint density at radius 2 is 2.25 bits per heavy atom. The molecular weight excluding hydrogens is 326 g/mol. The van der Waals surface area contributed by atoms with Crippen LogP contribution in [0.5, 0.6) is 0 Å². The van der Waals surface area contributed by atoms with Crippen LogP contribution in [-0.4, -0.2) is 43.2 Å². The number of hydrogen-bond acceptors (Lipinski definition) is 6. The monoisotopic (exact) mass is 345 g/mol. The summed E-state index contributed by atoms with van der Waals surface area (Å²) in [5.74, 6) is 0.481. The van der Waals surface area contributed by atoms with Gasteiger partial charge in [0.15, 0.2) is 5.65 Å². The van der Waals surface area contributed by atoms with E-state index in [4.69, 9.17) is 0 Å². The molecule has 0 aromatic carbocycles. The predicted molar refractivity (Wildman–Crippen MR) is 91.6 cm³/mol. The summed E-state index contributed by atoms with van der Waals surface area (Å²) < 4.78 is 1.66. The van der Waals surface area contributed by atoms with Gasteiger partial charge < -0.3 is 10.4 Å². The Hall–Kier alpha value is -2.06. The van der Waals surface area contributed by atoms with Crippen molar-refractivity contribution in [2.75, 3.05) is 6.61 Å². The number of aliphatic hydroxyl groups is 1. The number of carbonyl (C=O) groups excluding carboxylic acids is 1. The molecule has 3 aromatic rings. The molecule has 0 spiro atoms. The summed E-state index contributed by atoms with van der Waals surface area (Å²) in [6.45, 7) is 3.68. The third-order valence-electron chi connectivity index (χ3n) is 4.55.